The van der Waals surface area contributed by atoms with Crippen LogP contribution in [-0.4, -0.2) is 37.1 Å². The molecular weight excluding hydrogens is 371 g/mol. The van der Waals surface area contributed by atoms with Gasteiger partial charge >= 0.3 is 12.1 Å². The third-order valence-electron chi connectivity index (χ3n) is 4.03. The first kappa shape index (κ1) is 19.7. The average molecular weight is 387 g/mol. The monoisotopic (exact) mass is 386 g/mol. The molecule has 1 aromatic heterocycles. The van der Waals surface area contributed by atoms with Gasteiger partial charge in [0.15, 0.2) is 5.69 Å². The van der Waals surface area contributed by atoms with E-state index in [9.17, 15) is 26.7 Å². The molecule has 0 amide bonds. The normalized spacial score (nSPS) is 18.0. The number of ether oxygens (including phenoxy) is 1. The summed E-state index contributed by atoms with van der Waals surface area (Å²) in [5.74, 6) is -4.17. The molecule has 0 N–H and O–H groups in total. The second-order valence-electron chi connectivity index (χ2n) is 5.78. The third kappa shape index (κ3) is 4.13. The first-order chi connectivity index (χ1) is 11.5. The van der Waals surface area contributed by atoms with Gasteiger partial charge in [0.25, 0.3) is 0 Å². The van der Waals surface area contributed by atoms with E-state index in [2.05, 4.69) is 9.72 Å². The molecule has 0 bridgehead atoms. The maximum absolute atomic E-state index is 13.6. The fourth-order valence-corrected chi connectivity index (χ4v) is 2.95. The van der Waals surface area contributed by atoms with E-state index in [4.69, 9.17) is 11.6 Å². The summed E-state index contributed by atoms with van der Waals surface area (Å²) < 4.78 is 71.3. The summed E-state index contributed by atoms with van der Waals surface area (Å²) in [4.78, 5) is 16.8. The van der Waals surface area contributed by atoms with Crippen LogP contribution in [0.1, 0.15) is 40.9 Å². The van der Waals surface area contributed by atoms with Gasteiger partial charge in [-0.25, -0.2) is 18.6 Å². The van der Waals surface area contributed by atoms with Crippen LogP contribution in [-0.2, 0) is 10.9 Å². The molecular formula is C15H16ClF5N2O2. The number of anilines is 1. The highest BCUT2D eigenvalue weighted by atomic mass is 35.5. The summed E-state index contributed by atoms with van der Waals surface area (Å²) in [6.07, 6.45) is -5.71. The quantitative estimate of drug-likeness (QED) is 0.555. The van der Waals surface area contributed by atoms with Gasteiger partial charge in [-0.15, -0.1) is 0 Å². The largest absolute Gasteiger partial charge is 0.465 e. The fraction of sp³-hybridized carbons (Fsp3) is 0.600. The van der Waals surface area contributed by atoms with Gasteiger partial charge in [-0.3, -0.25) is 0 Å². The Morgan fingerprint density at radius 3 is 2.48 bits per heavy atom. The Balaban J connectivity index is 2.61. The predicted octanol–water partition coefficient (Wildman–Crippen LogP) is 4.47. The van der Waals surface area contributed by atoms with Crippen LogP contribution in [0.25, 0.3) is 0 Å². The Kier molecular flexibility index (Phi) is 5.46. The summed E-state index contributed by atoms with van der Waals surface area (Å²) in [5, 5.41) is -0.711. The van der Waals surface area contributed by atoms with Crippen LogP contribution in [0, 0.1) is 6.92 Å². The Hall–Kier alpha value is -1.64. The second-order valence-corrected chi connectivity index (χ2v) is 6.16. The fourth-order valence-electron chi connectivity index (χ4n) is 2.70. The van der Waals surface area contributed by atoms with Crippen LogP contribution in [0.4, 0.5) is 27.8 Å². The van der Waals surface area contributed by atoms with Gasteiger partial charge < -0.3 is 9.64 Å². The van der Waals surface area contributed by atoms with Crippen molar-refractivity contribution in [3.05, 3.63) is 21.8 Å². The van der Waals surface area contributed by atoms with Crippen molar-refractivity contribution in [1.82, 2.24) is 4.98 Å². The minimum Gasteiger partial charge on any atom is -0.465 e. The molecule has 0 aliphatic carbocycles. The second kappa shape index (κ2) is 6.93. The van der Waals surface area contributed by atoms with E-state index < -0.39 is 35.2 Å². The number of carbonyl (C=O) groups excluding carboxylic acids is 1. The number of pyridine rings is 1. The van der Waals surface area contributed by atoms with Crippen molar-refractivity contribution in [3.8, 4) is 0 Å². The summed E-state index contributed by atoms with van der Waals surface area (Å²) in [5.41, 5.74) is -1.75. The molecule has 25 heavy (non-hydrogen) atoms. The van der Waals surface area contributed by atoms with Crippen molar-refractivity contribution in [2.75, 3.05) is 25.1 Å². The van der Waals surface area contributed by atoms with E-state index in [0.717, 1.165) is 7.11 Å². The van der Waals surface area contributed by atoms with E-state index in [1.165, 1.54) is 11.8 Å². The maximum Gasteiger partial charge on any atom is 0.434 e. The topological polar surface area (TPSA) is 42.4 Å². The van der Waals surface area contributed by atoms with E-state index in [-0.39, 0.29) is 42.9 Å². The molecule has 1 fully saturated rings. The van der Waals surface area contributed by atoms with Crippen LogP contribution in [0.3, 0.4) is 0 Å². The highest BCUT2D eigenvalue weighted by molar-refractivity contribution is 6.32. The molecule has 0 radical (unpaired) electrons. The van der Waals surface area contributed by atoms with Crippen molar-refractivity contribution < 1.29 is 31.5 Å². The zero-order valence-electron chi connectivity index (χ0n) is 13.5. The lowest BCUT2D eigenvalue weighted by Crippen LogP contribution is -2.30. The summed E-state index contributed by atoms with van der Waals surface area (Å²) in [6, 6.07) is 0. The zero-order chi connectivity index (χ0) is 19.0. The first-order valence-corrected chi connectivity index (χ1v) is 7.84. The van der Waals surface area contributed by atoms with Gasteiger partial charge in [0, 0.05) is 25.9 Å². The number of halogens is 6. The van der Waals surface area contributed by atoms with Crippen molar-refractivity contribution >= 4 is 23.4 Å². The minimum absolute atomic E-state index is 0.0466. The highest BCUT2D eigenvalue weighted by Crippen LogP contribution is 2.40. The van der Waals surface area contributed by atoms with E-state index >= 15 is 0 Å². The third-order valence-corrected chi connectivity index (χ3v) is 4.49. The lowest BCUT2D eigenvalue weighted by atomic mass is 10.1. The van der Waals surface area contributed by atoms with Gasteiger partial charge in [-0.2, -0.15) is 13.2 Å². The Morgan fingerprint density at radius 1 is 1.28 bits per heavy atom. The molecule has 1 aliphatic rings. The van der Waals surface area contributed by atoms with Crippen LogP contribution in [0.5, 0.6) is 0 Å². The molecule has 2 rings (SSSR count). The molecule has 1 aliphatic heterocycles. The molecule has 4 nitrogen and oxygen atoms in total. The number of methoxy groups -OCH3 is 1. The van der Waals surface area contributed by atoms with Crippen molar-refractivity contribution in [3.63, 3.8) is 0 Å². The van der Waals surface area contributed by atoms with E-state index in [1.54, 1.807) is 0 Å². The lowest BCUT2D eigenvalue weighted by Gasteiger charge is -2.26. The number of esters is 1. The Labute approximate surface area is 145 Å². The number of hydrogen-bond acceptors (Lipinski definition) is 4. The number of rotatable bonds is 2. The molecule has 2 heterocycles. The van der Waals surface area contributed by atoms with Crippen LogP contribution in [0.2, 0.25) is 5.02 Å². The Morgan fingerprint density at radius 2 is 1.92 bits per heavy atom. The van der Waals surface area contributed by atoms with Crippen molar-refractivity contribution in [1.29, 1.82) is 0 Å². The summed E-state index contributed by atoms with van der Waals surface area (Å²) in [7, 11) is 1.06. The van der Waals surface area contributed by atoms with Gasteiger partial charge in [0.2, 0.25) is 5.92 Å². The number of aromatic nitrogens is 1. The molecule has 1 saturated heterocycles. The first-order valence-electron chi connectivity index (χ1n) is 7.46. The molecule has 0 unspecified atom stereocenters. The van der Waals surface area contributed by atoms with Crippen molar-refractivity contribution in [2.24, 2.45) is 0 Å². The standard InChI is InChI=1S/C15H16ClF5N2O2/c1-8-9(13(24)25-2)12(22-11(10(8)16)15(19,20)21)23-6-3-4-14(17,18)5-7-23/h3-7H2,1-2H3. The molecule has 0 aromatic carbocycles. The number of hydrogen-bond donors (Lipinski definition) is 0. The van der Waals surface area contributed by atoms with Crippen LogP contribution < -0.4 is 4.90 Å². The molecule has 0 spiro atoms. The SMILES string of the molecule is COC(=O)c1c(N2CCCC(F)(F)CC2)nc(C(F)(F)F)c(Cl)c1C. The van der Waals surface area contributed by atoms with Gasteiger partial charge in [-0.05, 0) is 18.9 Å². The maximum atomic E-state index is 13.6. The average Bonchev–Trinajstić information content (AvgIpc) is 2.68. The minimum atomic E-state index is -4.85. The van der Waals surface area contributed by atoms with Crippen LogP contribution in [0.15, 0.2) is 0 Å². The Bertz CT molecular complexity index is 679. The summed E-state index contributed by atoms with van der Waals surface area (Å²) in [6.45, 7) is 1.05. The molecule has 0 atom stereocenters. The van der Waals surface area contributed by atoms with Gasteiger partial charge in [0.05, 0.1) is 12.1 Å². The molecule has 1 aromatic rings. The van der Waals surface area contributed by atoms with Crippen LogP contribution >= 0.6 is 11.6 Å². The van der Waals surface area contributed by atoms with Gasteiger partial charge in [-0.1, -0.05) is 11.6 Å². The zero-order valence-corrected chi connectivity index (χ0v) is 14.3. The smallest absolute Gasteiger partial charge is 0.434 e. The number of nitrogens with zero attached hydrogens (tertiary/aromatic N) is 2. The predicted molar refractivity (Wildman–Crippen MR) is 81.3 cm³/mol. The summed E-state index contributed by atoms with van der Waals surface area (Å²) >= 11 is 5.74. The van der Waals surface area contributed by atoms with Crippen molar-refractivity contribution in [2.45, 2.75) is 38.3 Å². The molecule has 0 saturated carbocycles. The lowest BCUT2D eigenvalue weighted by molar-refractivity contribution is -0.141. The van der Waals surface area contributed by atoms with Gasteiger partial charge in [0.1, 0.15) is 11.4 Å². The van der Waals surface area contributed by atoms with E-state index in [0.29, 0.717) is 0 Å². The number of alkyl halides is 5. The number of carbonyl (C=O) groups is 1. The highest BCUT2D eigenvalue weighted by Gasteiger charge is 2.40. The molecule has 140 valence electrons. The van der Waals surface area contributed by atoms with E-state index in [1.807, 2.05) is 0 Å². The molecule has 10 heteroatoms.